The van der Waals surface area contributed by atoms with Crippen LogP contribution in [0.15, 0.2) is 72.8 Å². The van der Waals surface area contributed by atoms with Crippen molar-refractivity contribution in [2.75, 3.05) is 0 Å². The average Bonchev–Trinajstić information content (AvgIpc) is 2.69. The minimum Gasteiger partial charge on any atom is -0.457 e. The van der Waals surface area contributed by atoms with Gasteiger partial charge in [-0.25, -0.2) is 0 Å². The summed E-state index contributed by atoms with van der Waals surface area (Å²) in [6.07, 6.45) is 2.24. The molecule has 0 aliphatic carbocycles. The molecule has 0 spiro atoms. The van der Waals surface area contributed by atoms with Crippen molar-refractivity contribution in [2.45, 2.75) is 39.9 Å². The maximum absolute atomic E-state index is 12.8. The Morgan fingerprint density at radius 2 is 1.19 bits per heavy atom. The van der Waals surface area contributed by atoms with E-state index in [0.717, 1.165) is 11.1 Å². The molecule has 142 valence electrons. The highest BCUT2D eigenvalue weighted by atomic mass is 16.6. The summed E-state index contributed by atoms with van der Waals surface area (Å²) in [6, 6.07) is 18.8. The van der Waals surface area contributed by atoms with Crippen LogP contribution in [0.3, 0.4) is 0 Å². The van der Waals surface area contributed by atoms with Gasteiger partial charge in [-0.3, -0.25) is 9.59 Å². The third-order valence-corrected chi connectivity index (χ3v) is 4.45. The molecule has 0 aliphatic rings. The first-order valence-corrected chi connectivity index (χ1v) is 9.04. The summed E-state index contributed by atoms with van der Waals surface area (Å²) in [5, 5.41) is 0. The zero-order valence-electron chi connectivity index (χ0n) is 16.2. The summed E-state index contributed by atoms with van der Waals surface area (Å²) in [5.41, 5.74) is 0.209. The molecule has 0 heterocycles. The zero-order chi connectivity index (χ0) is 19.9. The molecule has 0 saturated heterocycles. The Kier molecular flexibility index (Phi) is 6.94. The molecule has 0 fully saturated rings. The second-order valence-electron chi connectivity index (χ2n) is 6.62. The van der Waals surface area contributed by atoms with E-state index in [9.17, 15) is 9.59 Å². The van der Waals surface area contributed by atoms with Crippen LogP contribution in [0.4, 0.5) is 0 Å². The van der Waals surface area contributed by atoms with Crippen molar-refractivity contribution in [1.82, 2.24) is 0 Å². The smallest absolute Gasteiger partial charge is 0.327 e. The van der Waals surface area contributed by atoms with Crippen LogP contribution in [0.25, 0.3) is 0 Å². The van der Waals surface area contributed by atoms with Crippen molar-refractivity contribution in [1.29, 1.82) is 0 Å². The summed E-state index contributed by atoms with van der Waals surface area (Å²) in [7, 11) is 0. The van der Waals surface area contributed by atoms with Crippen molar-refractivity contribution >= 4 is 11.9 Å². The minimum absolute atomic E-state index is 0.470. The van der Waals surface area contributed by atoms with Crippen LogP contribution < -0.4 is 0 Å². The van der Waals surface area contributed by atoms with E-state index in [0.29, 0.717) is 0 Å². The monoisotopic (exact) mass is 366 g/mol. The van der Waals surface area contributed by atoms with Crippen LogP contribution in [-0.4, -0.2) is 11.9 Å². The molecule has 0 bridgehead atoms. The molecule has 0 aliphatic heterocycles. The van der Waals surface area contributed by atoms with Gasteiger partial charge in [-0.15, -0.1) is 0 Å². The minimum atomic E-state index is -1.51. The Labute approximate surface area is 160 Å². The van der Waals surface area contributed by atoms with E-state index < -0.39 is 29.6 Å². The Hall–Kier alpha value is -2.88. The van der Waals surface area contributed by atoms with Crippen molar-refractivity contribution in [2.24, 2.45) is 5.41 Å². The van der Waals surface area contributed by atoms with E-state index in [-0.39, 0.29) is 0 Å². The third kappa shape index (κ3) is 5.07. The predicted octanol–water partition coefficient (Wildman–Crippen LogP) is 5.18. The molecule has 0 radical (unpaired) electrons. The SMILES string of the molecule is CC=CC(C)(C(=O)OC(C)c1ccccc1)C(=O)OC(C)c1ccccc1. The second-order valence-corrected chi connectivity index (χ2v) is 6.62. The molecule has 0 amide bonds. The summed E-state index contributed by atoms with van der Waals surface area (Å²) < 4.78 is 11.1. The summed E-state index contributed by atoms with van der Waals surface area (Å²) >= 11 is 0. The number of rotatable bonds is 7. The van der Waals surface area contributed by atoms with Gasteiger partial charge in [0.05, 0.1) is 0 Å². The van der Waals surface area contributed by atoms with E-state index in [1.54, 1.807) is 26.8 Å². The molecule has 27 heavy (non-hydrogen) atoms. The Morgan fingerprint density at radius 3 is 1.52 bits per heavy atom. The Bertz CT molecular complexity index is 721. The number of ether oxygens (including phenoxy) is 2. The fraction of sp³-hybridized carbons (Fsp3) is 0.304. The highest BCUT2D eigenvalue weighted by Gasteiger charge is 2.43. The van der Waals surface area contributed by atoms with E-state index in [1.807, 2.05) is 60.7 Å². The number of allylic oxidation sites excluding steroid dienone is 1. The first kappa shape index (κ1) is 20.4. The van der Waals surface area contributed by atoms with E-state index in [4.69, 9.17) is 9.47 Å². The first-order chi connectivity index (χ1) is 12.9. The van der Waals surface area contributed by atoms with E-state index in [1.165, 1.54) is 13.0 Å². The summed E-state index contributed by atoms with van der Waals surface area (Å²) in [6.45, 7) is 6.83. The number of hydrogen-bond donors (Lipinski definition) is 0. The average molecular weight is 366 g/mol. The largest absolute Gasteiger partial charge is 0.457 e. The molecular weight excluding hydrogens is 340 g/mol. The van der Waals surface area contributed by atoms with Gasteiger partial charge in [0.15, 0.2) is 5.41 Å². The van der Waals surface area contributed by atoms with Gasteiger partial charge in [0.1, 0.15) is 12.2 Å². The van der Waals surface area contributed by atoms with Gasteiger partial charge < -0.3 is 9.47 Å². The standard InChI is InChI=1S/C23H26O4/c1-5-16-23(4,21(24)26-17(2)19-12-8-6-9-13-19)22(25)27-18(3)20-14-10-7-11-15-20/h5-18H,1-4H3. The lowest BCUT2D eigenvalue weighted by Crippen LogP contribution is -2.38. The topological polar surface area (TPSA) is 52.6 Å². The van der Waals surface area contributed by atoms with Crippen molar-refractivity contribution in [3.8, 4) is 0 Å². The van der Waals surface area contributed by atoms with Crippen molar-refractivity contribution < 1.29 is 19.1 Å². The maximum atomic E-state index is 12.8. The van der Waals surface area contributed by atoms with E-state index >= 15 is 0 Å². The quantitative estimate of drug-likeness (QED) is 0.385. The summed E-state index contributed by atoms with van der Waals surface area (Å²) in [4.78, 5) is 25.6. The van der Waals surface area contributed by atoms with Crippen LogP contribution in [0.2, 0.25) is 0 Å². The highest BCUT2D eigenvalue weighted by molar-refractivity contribution is 6.02. The Balaban J connectivity index is 2.14. The molecule has 0 saturated carbocycles. The maximum Gasteiger partial charge on any atom is 0.327 e. The van der Waals surface area contributed by atoms with Crippen molar-refractivity contribution in [3.05, 3.63) is 83.9 Å². The van der Waals surface area contributed by atoms with Crippen LogP contribution in [0.5, 0.6) is 0 Å². The van der Waals surface area contributed by atoms with Gasteiger partial charge in [-0.1, -0.05) is 72.8 Å². The molecule has 4 nitrogen and oxygen atoms in total. The molecule has 2 aromatic rings. The lowest BCUT2D eigenvalue weighted by molar-refractivity contribution is -0.173. The summed E-state index contributed by atoms with van der Waals surface area (Å²) in [5.74, 6) is -1.27. The predicted molar refractivity (Wildman–Crippen MR) is 105 cm³/mol. The van der Waals surface area contributed by atoms with Crippen LogP contribution in [0, 0.1) is 5.41 Å². The molecule has 4 heteroatoms. The van der Waals surface area contributed by atoms with Gasteiger partial charge in [-0.05, 0) is 38.8 Å². The zero-order valence-corrected chi connectivity index (χ0v) is 16.2. The van der Waals surface area contributed by atoms with Crippen LogP contribution >= 0.6 is 0 Å². The van der Waals surface area contributed by atoms with Gasteiger partial charge >= 0.3 is 11.9 Å². The lowest BCUT2D eigenvalue weighted by atomic mass is 9.90. The number of carbonyl (C=O) groups is 2. The van der Waals surface area contributed by atoms with Gasteiger partial charge in [0.2, 0.25) is 0 Å². The van der Waals surface area contributed by atoms with Crippen LogP contribution in [-0.2, 0) is 19.1 Å². The molecule has 0 N–H and O–H groups in total. The number of benzene rings is 2. The van der Waals surface area contributed by atoms with Gasteiger partial charge in [0, 0.05) is 0 Å². The molecule has 2 aromatic carbocycles. The molecule has 2 atom stereocenters. The van der Waals surface area contributed by atoms with Gasteiger partial charge in [-0.2, -0.15) is 0 Å². The molecule has 2 unspecified atom stereocenters. The number of carbonyl (C=O) groups excluding carboxylic acids is 2. The van der Waals surface area contributed by atoms with Crippen molar-refractivity contribution in [3.63, 3.8) is 0 Å². The fourth-order valence-corrected chi connectivity index (χ4v) is 2.70. The third-order valence-electron chi connectivity index (χ3n) is 4.45. The number of hydrogen-bond acceptors (Lipinski definition) is 4. The lowest BCUT2D eigenvalue weighted by Gasteiger charge is -2.26. The van der Waals surface area contributed by atoms with E-state index in [2.05, 4.69) is 0 Å². The number of esters is 2. The van der Waals surface area contributed by atoms with Gasteiger partial charge in [0.25, 0.3) is 0 Å². The molecule has 0 aromatic heterocycles. The highest BCUT2D eigenvalue weighted by Crippen LogP contribution is 2.30. The normalized spacial score (nSPS) is 15.6. The Morgan fingerprint density at radius 1 is 0.815 bits per heavy atom. The molecule has 2 rings (SSSR count). The second kappa shape index (κ2) is 9.17. The van der Waals surface area contributed by atoms with Crippen LogP contribution in [0.1, 0.15) is 51.0 Å². The fourth-order valence-electron chi connectivity index (χ4n) is 2.70. The molecular formula is C23H26O4. The first-order valence-electron chi connectivity index (χ1n) is 9.04.